The van der Waals surface area contributed by atoms with Crippen LogP contribution in [0.1, 0.15) is 36.0 Å². The molecule has 0 unspecified atom stereocenters. The summed E-state index contributed by atoms with van der Waals surface area (Å²) in [5, 5.41) is 11.6. The van der Waals surface area contributed by atoms with Crippen LogP contribution in [0.25, 0.3) is 0 Å². The van der Waals surface area contributed by atoms with Gasteiger partial charge in [-0.25, -0.2) is 4.79 Å². The highest BCUT2D eigenvalue weighted by molar-refractivity contribution is 5.92. The van der Waals surface area contributed by atoms with Crippen molar-refractivity contribution < 1.29 is 14.7 Å². The van der Waals surface area contributed by atoms with Crippen molar-refractivity contribution in [2.75, 3.05) is 23.3 Å². The third-order valence-electron chi connectivity index (χ3n) is 3.40. The smallest absolute Gasteiger partial charge is 0.335 e. The Labute approximate surface area is 112 Å². The number of benzene rings is 1. The second-order valence-electron chi connectivity index (χ2n) is 4.70. The molecule has 2 N–H and O–H groups in total. The Balaban J connectivity index is 2.31. The van der Waals surface area contributed by atoms with Crippen LogP contribution in [0.15, 0.2) is 18.2 Å². The molecular weight excluding hydrogens is 244 g/mol. The van der Waals surface area contributed by atoms with E-state index in [0.29, 0.717) is 12.1 Å². The number of amides is 1. The van der Waals surface area contributed by atoms with E-state index in [9.17, 15) is 9.59 Å². The lowest BCUT2D eigenvalue weighted by molar-refractivity contribution is -0.105. The highest BCUT2D eigenvalue weighted by atomic mass is 16.4. The van der Waals surface area contributed by atoms with Crippen LogP contribution in [-0.2, 0) is 4.79 Å². The van der Waals surface area contributed by atoms with Gasteiger partial charge < -0.3 is 15.3 Å². The third-order valence-corrected chi connectivity index (χ3v) is 3.40. The van der Waals surface area contributed by atoms with E-state index in [-0.39, 0.29) is 5.56 Å². The lowest BCUT2D eigenvalue weighted by atomic mass is 10.1. The number of carbonyl (C=O) groups is 2. The molecule has 2 rings (SSSR count). The summed E-state index contributed by atoms with van der Waals surface area (Å²) in [7, 11) is 0. The number of carboxylic acids is 1. The van der Waals surface area contributed by atoms with Crippen molar-refractivity contribution in [2.45, 2.75) is 25.7 Å². The summed E-state index contributed by atoms with van der Waals surface area (Å²) >= 11 is 0. The van der Waals surface area contributed by atoms with E-state index in [2.05, 4.69) is 10.2 Å². The Bertz CT molecular complexity index is 466. The maximum Gasteiger partial charge on any atom is 0.335 e. The minimum atomic E-state index is -0.989. The Morgan fingerprint density at radius 3 is 2.47 bits per heavy atom. The molecule has 102 valence electrons. The van der Waals surface area contributed by atoms with Crippen LogP contribution in [0.4, 0.5) is 11.4 Å². The number of carbonyl (C=O) groups excluding carboxylic acids is 1. The van der Waals surface area contributed by atoms with Gasteiger partial charge >= 0.3 is 5.97 Å². The van der Waals surface area contributed by atoms with Gasteiger partial charge in [0.25, 0.3) is 0 Å². The molecule has 0 spiro atoms. The molecule has 0 radical (unpaired) electrons. The Hall–Kier alpha value is -2.04. The van der Waals surface area contributed by atoms with Gasteiger partial charge in [-0.15, -0.1) is 0 Å². The topological polar surface area (TPSA) is 69.6 Å². The number of aromatic carboxylic acids is 1. The third kappa shape index (κ3) is 3.24. The standard InChI is InChI=1S/C14H18N2O3/c17-10-15-12-9-11(14(18)19)5-6-13(12)16-7-3-1-2-4-8-16/h5-6,9-10H,1-4,7-8H2,(H,15,17)(H,18,19). The van der Waals surface area contributed by atoms with Crippen LogP contribution in [0.5, 0.6) is 0 Å². The van der Waals surface area contributed by atoms with Crippen molar-refractivity contribution in [1.29, 1.82) is 0 Å². The van der Waals surface area contributed by atoms with Gasteiger partial charge in [0.1, 0.15) is 0 Å². The van der Waals surface area contributed by atoms with Crippen molar-refractivity contribution in [3.63, 3.8) is 0 Å². The molecule has 1 fully saturated rings. The summed E-state index contributed by atoms with van der Waals surface area (Å²) in [4.78, 5) is 23.9. The molecule has 5 nitrogen and oxygen atoms in total. The van der Waals surface area contributed by atoms with Crippen LogP contribution in [-0.4, -0.2) is 30.6 Å². The van der Waals surface area contributed by atoms with Gasteiger partial charge in [0, 0.05) is 13.1 Å². The fourth-order valence-corrected chi connectivity index (χ4v) is 2.44. The number of anilines is 2. The van der Waals surface area contributed by atoms with Crippen LogP contribution in [0, 0.1) is 0 Å². The molecule has 1 aromatic rings. The van der Waals surface area contributed by atoms with Gasteiger partial charge in [0.05, 0.1) is 16.9 Å². The van der Waals surface area contributed by atoms with E-state index in [1.165, 1.54) is 18.9 Å². The average molecular weight is 262 g/mol. The van der Waals surface area contributed by atoms with Crippen LogP contribution < -0.4 is 10.2 Å². The minimum absolute atomic E-state index is 0.183. The molecule has 0 atom stereocenters. The quantitative estimate of drug-likeness (QED) is 0.817. The fraction of sp³-hybridized carbons (Fsp3) is 0.429. The van der Waals surface area contributed by atoms with Gasteiger partial charge in [0.2, 0.25) is 6.41 Å². The molecule has 1 aliphatic heterocycles. The van der Waals surface area contributed by atoms with Crippen molar-refractivity contribution in [1.82, 2.24) is 0 Å². The molecule has 1 aliphatic rings. The SMILES string of the molecule is O=CNc1cc(C(=O)O)ccc1N1CCCCCC1. The van der Waals surface area contributed by atoms with Gasteiger partial charge in [-0.2, -0.15) is 0 Å². The molecule has 0 aromatic heterocycles. The minimum Gasteiger partial charge on any atom is -0.478 e. The molecule has 0 aliphatic carbocycles. The summed E-state index contributed by atoms with van der Waals surface area (Å²) in [5.74, 6) is -0.989. The van der Waals surface area contributed by atoms with Gasteiger partial charge in [-0.1, -0.05) is 12.8 Å². The Kier molecular flexibility index (Phi) is 4.39. The number of nitrogens with zero attached hydrogens (tertiary/aromatic N) is 1. The maximum absolute atomic E-state index is 11.0. The number of hydrogen-bond donors (Lipinski definition) is 2. The van der Waals surface area contributed by atoms with E-state index in [4.69, 9.17) is 5.11 Å². The van der Waals surface area contributed by atoms with E-state index in [1.54, 1.807) is 12.1 Å². The second kappa shape index (κ2) is 6.22. The van der Waals surface area contributed by atoms with Gasteiger partial charge in [0.15, 0.2) is 0 Å². The molecule has 5 heteroatoms. The van der Waals surface area contributed by atoms with E-state index in [1.807, 2.05) is 0 Å². The van der Waals surface area contributed by atoms with Crippen molar-refractivity contribution >= 4 is 23.8 Å². The number of rotatable bonds is 4. The first-order chi connectivity index (χ1) is 9.22. The van der Waals surface area contributed by atoms with E-state index in [0.717, 1.165) is 31.6 Å². The number of hydrogen-bond acceptors (Lipinski definition) is 3. The van der Waals surface area contributed by atoms with Gasteiger partial charge in [-0.05, 0) is 31.0 Å². The van der Waals surface area contributed by atoms with Crippen molar-refractivity contribution in [2.24, 2.45) is 0 Å². The zero-order chi connectivity index (χ0) is 13.7. The molecular formula is C14H18N2O3. The summed E-state index contributed by atoms with van der Waals surface area (Å²) in [5.41, 5.74) is 1.65. The monoisotopic (exact) mass is 262 g/mol. The molecule has 0 saturated carbocycles. The van der Waals surface area contributed by atoms with Gasteiger partial charge in [-0.3, -0.25) is 4.79 Å². The normalized spacial score (nSPS) is 15.7. The lowest BCUT2D eigenvalue weighted by Gasteiger charge is -2.25. The average Bonchev–Trinajstić information content (AvgIpc) is 2.68. The van der Waals surface area contributed by atoms with Crippen LogP contribution in [0.2, 0.25) is 0 Å². The molecule has 1 amide bonds. The lowest BCUT2D eigenvalue weighted by Crippen LogP contribution is -2.25. The molecule has 1 heterocycles. The Morgan fingerprint density at radius 1 is 1.21 bits per heavy atom. The maximum atomic E-state index is 11.0. The Morgan fingerprint density at radius 2 is 1.89 bits per heavy atom. The summed E-state index contributed by atoms with van der Waals surface area (Å²) < 4.78 is 0. The van der Waals surface area contributed by atoms with Crippen LogP contribution >= 0.6 is 0 Å². The second-order valence-corrected chi connectivity index (χ2v) is 4.70. The predicted molar refractivity (Wildman–Crippen MR) is 73.8 cm³/mol. The van der Waals surface area contributed by atoms with E-state index < -0.39 is 5.97 Å². The largest absolute Gasteiger partial charge is 0.478 e. The highest BCUT2D eigenvalue weighted by Gasteiger charge is 2.15. The van der Waals surface area contributed by atoms with Crippen molar-refractivity contribution in [3.8, 4) is 0 Å². The number of carboxylic acid groups (broad SMARTS) is 1. The predicted octanol–water partition coefficient (Wildman–Crippen LogP) is 2.33. The zero-order valence-electron chi connectivity index (χ0n) is 10.8. The first-order valence-electron chi connectivity index (χ1n) is 6.55. The highest BCUT2D eigenvalue weighted by Crippen LogP contribution is 2.29. The molecule has 1 aromatic carbocycles. The summed E-state index contributed by atoms with van der Waals surface area (Å²) in [6, 6.07) is 4.87. The number of nitrogens with one attached hydrogen (secondary N) is 1. The summed E-state index contributed by atoms with van der Waals surface area (Å²) in [6.45, 7) is 1.89. The molecule has 1 saturated heterocycles. The zero-order valence-corrected chi connectivity index (χ0v) is 10.8. The molecule has 19 heavy (non-hydrogen) atoms. The van der Waals surface area contributed by atoms with E-state index >= 15 is 0 Å². The van der Waals surface area contributed by atoms with Crippen LogP contribution in [0.3, 0.4) is 0 Å². The summed E-state index contributed by atoms with van der Waals surface area (Å²) in [6.07, 6.45) is 5.28. The fourth-order valence-electron chi connectivity index (χ4n) is 2.44. The first kappa shape index (κ1) is 13.4. The first-order valence-corrected chi connectivity index (χ1v) is 6.55. The van der Waals surface area contributed by atoms with Crippen molar-refractivity contribution in [3.05, 3.63) is 23.8 Å². The molecule has 0 bridgehead atoms.